The highest BCUT2D eigenvalue weighted by Gasteiger charge is 2.11. The van der Waals surface area contributed by atoms with Gasteiger partial charge in [0.25, 0.3) is 0 Å². The van der Waals surface area contributed by atoms with Crippen molar-refractivity contribution in [2.75, 3.05) is 0 Å². The van der Waals surface area contributed by atoms with Crippen LogP contribution in [-0.4, -0.2) is 20.6 Å². The topological polar surface area (TPSA) is 64.4 Å². The van der Waals surface area contributed by atoms with E-state index in [4.69, 9.17) is 9.84 Å². The van der Waals surface area contributed by atoms with E-state index in [1.165, 1.54) is 6.07 Å². The number of hydrogen-bond acceptors (Lipinski definition) is 3. The van der Waals surface area contributed by atoms with Crippen molar-refractivity contribution < 1.29 is 14.6 Å². The molecule has 5 heteroatoms. The molecule has 0 saturated carbocycles. The van der Waals surface area contributed by atoms with E-state index < -0.39 is 5.97 Å². The summed E-state index contributed by atoms with van der Waals surface area (Å²) in [7, 11) is 0. The molecule has 0 amide bonds. The molecule has 0 radical (unpaired) electrons. The SMILES string of the molecule is CC(C)n1cncc1COc1ccccc1C(=O)O. The molecule has 2 aromatic rings. The normalized spacial score (nSPS) is 10.7. The molecular formula is C14H16N2O3. The Bertz CT molecular complexity index is 576. The van der Waals surface area contributed by atoms with Gasteiger partial charge in [0, 0.05) is 6.04 Å². The van der Waals surface area contributed by atoms with Crippen LogP contribution in [-0.2, 0) is 6.61 Å². The van der Waals surface area contributed by atoms with Gasteiger partial charge >= 0.3 is 5.97 Å². The van der Waals surface area contributed by atoms with E-state index in [1.807, 2.05) is 4.57 Å². The first-order chi connectivity index (χ1) is 9.09. The molecule has 0 aliphatic heterocycles. The zero-order valence-corrected chi connectivity index (χ0v) is 10.9. The number of carboxylic acids is 1. The van der Waals surface area contributed by atoms with Gasteiger partial charge in [0.2, 0.25) is 0 Å². The highest BCUT2D eigenvalue weighted by Crippen LogP contribution is 2.20. The fourth-order valence-electron chi connectivity index (χ4n) is 1.83. The second-order valence-corrected chi connectivity index (χ2v) is 4.48. The van der Waals surface area contributed by atoms with Crippen LogP contribution < -0.4 is 4.74 Å². The van der Waals surface area contributed by atoms with Crippen molar-refractivity contribution in [3.63, 3.8) is 0 Å². The lowest BCUT2D eigenvalue weighted by Crippen LogP contribution is -2.08. The number of ether oxygens (including phenoxy) is 1. The molecular weight excluding hydrogens is 244 g/mol. The zero-order valence-electron chi connectivity index (χ0n) is 10.9. The van der Waals surface area contributed by atoms with Crippen LogP contribution in [0.4, 0.5) is 0 Å². The van der Waals surface area contributed by atoms with E-state index in [2.05, 4.69) is 18.8 Å². The number of rotatable bonds is 5. The summed E-state index contributed by atoms with van der Waals surface area (Å²) < 4.78 is 7.58. The van der Waals surface area contributed by atoms with Crippen molar-refractivity contribution in [2.24, 2.45) is 0 Å². The minimum absolute atomic E-state index is 0.165. The fraction of sp³-hybridized carbons (Fsp3) is 0.286. The largest absolute Gasteiger partial charge is 0.486 e. The third-order valence-electron chi connectivity index (χ3n) is 2.80. The zero-order chi connectivity index (χ0) is 13.8. The van der Waals surface area contributed by atoms with Crippen molar-refractivity contribution in [2.45, 2.75) is 26.5 Å². The molecule has 0 atom stereocenters. The van der Waals surface area contributed by atoms with E-state index in [0.29, 0.717) is 12.4 Å². The molecule has 0 bridgehead atoms. The second kappa shape index (κ2) is 5.56. The lowest BCUT2D eigenvalue weighted by Gasteiger charge is -2.13. The Kier molecular flexibility index (Phi) is 3.85. The molecule has 0 unspecified atom stereocenters. The highest BCUT2D eigenvalue weighted by atomic mass is 16.5. The fourth-order valence-corrected chi connectivity index (χ4v) is 1.83. The molecule has 0 aliphatic carbocycles. The van der Waals surface area contributed by atoms with Gasteiger partial charge in [0.15, 0.2) is 0 Å². The minimum atomic E-state index is -0.993. The van der Waals surface area contributed by atoms with Gasteiger partial charge < -0.3 is 14.4 Å². The van der Waals surface area contributed by atoms with E-state index in [1.54, 1.807) is 30.7 Å². The predicted molar refractivity (Wildman–Crippen MR) is 70.3 cm³/mol. The van der Waals surface area contributed by atoms with Gasteiger partial charge in [-0.2, -0.15) is 0 Å². The van der Waals surface area contributed by atoms with Gasteiger partial charge in [0.05, 0.1) is 18.2 Å². The quantitative estimate of drug-likeness (QED) is 0.897. The summed E-state index contributed by atoms with van der Waals surface area (Å²) in [5.74, 6) is -0.625. The van der Waals surface area contributed by atoms with Crippen molar-refractivity contribution in [3.8, 4) is 5.75 Å². The maximum Gasteiger partial charge on any atom is 0.339 e. The minimum Gasteiger partial charge on any atom is -0.486 e. The first-order valence-electron chi connectivity index (χ1n) is 6.05. The molecule has 1 heterocycles. The first-order valence-corrected chi connectivity index (χ1v) is 6.05. The molecule has 100 valence electrons. The Morgan fingerprint density at radius 2 is 2.16 bits per heavy atom. The summed E-state index contributed by atoms with van der Waals surface area (Å²) in [6.45, 7) is 4.40. The number of carbonyl (C=O) groups is 1. The van der Waals surface area contributed by atoms with Crippen molar-refractivity contribution in [1.82, 2.24) is 9.55 Å². The lowest BCUT2D eigenvalue weighted by molar-refractivity contribution is 0.0691. The molecule has 1 N–H and O–H groups in total. The van der Waals surface area contributed by atoms with Gasteiger partial charge in [-0.15, -0.1) is 0 Å². The molecule has 0 spiro atoms. The molecule has 0 saturated heterocycles. The van der Waals surface area contributed by atoms with Gasteiger partial charge in [-0.25, -0.2) is 9.78 Å². The third kappa shape index (κ3) is 2.93. The number of aromatic carboxylic acids is 1. The average molecular weight is 260 g/mol. The lowest BCUT2D eigenvalue weighted by atomic mass is 10.2. The van der Waals surface area contributed by atoms with E-state index in [-0.39, 0.29) is 11.6 Å². The molecule has 2 rings (SSSR count). The van der Waals surface area contributed by atoms with Crippen LogP contribution in [0.2, 0.25) is 0 Å². The highest BCUT2D eigenvalue weighted by molar-refractivity contribution is 5.90. The standard InChI is InChI=1S/C14H16N2O3/c1-10(2)16-9-15-7-11(16)8-19-13-6-4-3-5-12(13)14(17)18/h3-7,9-10H,8H2,1-2H3,(H,17,18). The molecule has 1 aromatic carbocycles. The summed E-state index contributed by atoms with van der Waals surface area (Å²) >= 11 is 0. The third-order valence-corrected chi connectivity index (χ3v) is 2.80. The average Bonchev–Trinajstić information content (AvgIpc) is 2.85. The Balaban J connectivity index is 2.15. The van der Waals surface area contributed by atoms with Crippen molar-refractivity contribution >= 4 is 5.97 Å². The predicted octanol–water partition coefficient (Wildman–Crippen LogP) is 2.74. The van der Waals surface area contributed by atoms with Crippen LogP contribution in [0.15, 0.2) is 36.8 Å². The molecule has 5 nitrogen and oxygen atoms in total. The number of carboxylic acid groups (broad SMARTS) is 1. The van der Waals surface area contributed by atoms with Gasteiger partial charge in [-0.1, -0.05) is 12.1 Å². The van der Waals surface area contributed by atoms with Crippen LogP contribution in [0.5, 0.6) is 5.75 Å². The Labute approximate surface area is 111 Å². The van der Waals surface area contributed by atoms with Crippen LogP contribution in [0.3, 0.4) is 0 Å². The number of para-hydroxylation sites is 1. The molecule has 0 aliphatic rings. The summed E-state index contributed by atoms with van der Waals surface area (Å²) in [5, 5.41) is 9.07. The number of hydrogen-bond donors (Lipinski definition) is 1. The summed E-state index contributed by atoms with van der Waals surface area (Å²) in [5.41, 5.74) is 1.08. The number of imidazole rings is 1. The summed E-state index contributed by atoms with van der Waals surface area (Å²) in [6.07, 6.45) is 3.47. The van der Waals surface area contributed by atoms with Crippen molar-refractivity contribution in [3.05, 3.63) is 48.0 Å². The van der Waals surface area contributed by atoms with Gasteiger partial charge in [-0.3, -0.25) is 0 Å². The van der Waals surface area contributed by atoms with Gasteiger partial charge in [-0.05, 0) is 26.0 Å². The van der Waals surface area contributed by atoms with Crippen LogP contribution >= 0.6 is 0 Å². The van der Waals surface area contributed by atoms with Crippen LogP contribution in [0.25, 0.3) is 0 Å². The molecule has 19 heavy (non-hydrogen) atoms. The Morgan fingerprint density at radius 3 is 2.84 bits per heavy atom. The first kappa shape index (κ1) is 13.1. The van der Waals surface area contributed by atoms with E-state index >= 15 is 0 Å². The van der Waals surface area contributed by atoms with E-state index in [0.717, 1.165) is 5.69 Å². The Morgan fingerprint density at radius 1 is 1.42 bits per heavy atom. The molecule has 0 fully saturated rings. The van der Waals surface area contributed by atoms with Gasteiger partial charge in [0.1, 0.15) is 17.9 Å². The number of benzene rings is 1. The van der Waals surface area contributed by atoms with Crippen LogP contribution in [0.1, 0.15) is 35.9 Å². The monoisotopic (exact) mass is 260 g/mol. The molecule has 1 aromatic heterocycles. The number of aromatic nitrogens is 2. The van der Waals surface area contributed by atoms with E-state index in [9.17, 15) is 4.79 Å². The second-order valence-electron chi connectivity index (χ2n) is 4.48. The summed E-state index contributed by atoms with van der Waals surface area (Å²) in [6, 6.07) is 6.89. The number of nitrogens with zero attached hydrogens (tertiary/aromatic N) is 2. The van der Waals surface area contributed by atoms with Crippen LogP contribution in [0, 0.1) is 0 Å². The summed E-state index contributed by atoms with van der Waals surface area (Å²) in [4.78, 5) is 15.1. The Hall–Kier alpha value is -2.30. The van der Waals surface area contributed by atoms with Crippen molar-refractivity contribution in [1.29, 1.82) is 0 Å². The maximum absolute atomic E-state index is 11.1. The smallest absolute Gasteiger partial charge is 0.339 e. The maximum atomic E-state index is 11.1.